The van der Waals surface area contributed by atoms with Gasteiger partial charge < -0.3 is 5.32 Å². The highest BCUT2D eigenvalue weighted by Crippen LogP contribution is 2.13. The minimum absolute atomic E-state index is 0.438. The standard InChI is InChI=1S/C11H9N3S/c12-6-11-10(2-1-4-13-11)14-7-9-3-5-15-8-9/h1-5,8,14H,7H2. The predicted molar refractivity (Wildman–Crippen MR) is 60.6 cm³/mol. The van der Waals surface area contributed by atoms with Crippen LogP contribution in [0.3, 0.4) is 0 Å². The molecular formula is C11H9N3S. The largest absolute Gasteiger partial charge is 0.379 e. The van der Waals surface area contributed by atoms with E-state index in [2.05, 4.69) is 27.8 Å². The first-order valence-electron chi connectivity index (χ1n) is 4.50. The molecule has 0 bridgehead atoms. The highest BCUT2D eigenvalue weighted by atomic mass is 32.1. The minimum Gasteiger partial charge on any atom is -0.379 e. The number of hydrogen-bond acceptors (Lipinski definition) is 4. The Hall–Kier alpha value is -1.86. The first kappa shape index (κ1) is 9.69. The SMILES string of the molecule is N#Cc1ncccc1NCc1ccsc1. The van der Waals surface area contributed by atoms with Crippen molar-refractivity contribution in [1.29, 1.82) is 5.26 Å². The third kappa shape index (κ3) is 2.33. The second-order valence-electron chi connectivity index (χ2n) is 3.00. The van der Waals surface area contributed by atoms with E-state index in [4.69, 9.17) is 5.26 Å². The second kappa shape index (κ2) is 4.58. The van der Waals surface area contributed by atoms with E-state index in [0.717, 1.165) is 12.2 Å². The molecule has 2 heterocycles. The summed E-state index contributed by atoms with van der Waals surface area (Å²) >= 11 is 1.66. The first-order valence-corrected chi connectivity index (χ1v) is 5.44. The maximum absolute atomic E-state index is 8.83. The van der Waals surface area contributed by atoms with Crippen LogP contribution in [0.4, 0.5) is 5.69 Å². The van der Waals surface area contributed by atoms with Gasteiger partial charge in [0.1, 0.15) is 6.07 Å². The summed E-state index contributed by atoms with van der Waals surface area (Å²) in [5, 5.41) is 16.1. The zero-order chi connectivity index (χ0) is 10.5. The summed E-state index contributed by atoms with van der Waals surface area (Å²) in [6, 6.07) is 7.79. The molecule has 2 aromatic heterocycles. The zero-order valence-corrected chi connectivity index (χ0v) is 8.79. The highest BCUT2D eigenvalue weighted by Gasteiger charge is 2.01. The van der Waals surface area contributed by atoms with Crippen LogP contribution >= 0.6 is 11.3 Å². The van der Waals surface area contributed by atoms with Gasteiger partial charge in [0.2, 0.25) is 0 Å². The minimum atomic E-state index is 0.438. The van der Waals surface area contributed by atoms with Crippen LogP contribution in [0.2, 0.25) is 0 Å². The molecule has 0 aliphatic rings. The Morgan fingerprint density at radius 3 is 3.13 bits per heavy atom. The van der Waals surface area contributed by atoms with Gasteiger partial charge in [-0.15, -0.1) is 0 Å². The van der Waals surface area contributed by atoms with Gasteiger partial charge in [0.15, 0.2) is 5.69 Å². The van der Waals surface area contributed by atoms with Crippen molar-refractivity contribution < 1.29 is 0 Å². The van der Waals surface area contributed by atoms with E-state index in [-0.39, 0.29) is 0 Å². The quantitative estimate of drug-likeness (QED) is 0.856. The molecule has 1 N–H and O–H groups in total. The molecule has 0 fully saturated rings. The third-order valence-corrected chi connectivity index (χ3v) is 2.71. The average Bonchev–Trinajstić information content (AvgIpc) is 2.79. The summed E-state index contributed by atoms with van der Waals surface area (Å²) in [7, 11) is 0. The summed E-state index contributed by atoms with van der Waals surface area (Å²) < 4.78 is 0. The summed E-state index contributed by atoms with van der Waals surface area (Å²) in [5.41, 5.74) is 2.44. The molecule has 4 heteroatoms. The number of anilines is 1. The predicted octanol–water partition coefficient (Wildman–Crippen LogP) is 2.63. The number of thiophene rings is 1. The van der Waals surface area contributed by atoms with Crippen LogP contribution in [0, 0.1) is 11.3 Å². The van der Waals surface area contributed by atoms with Gasteiger partial charge in [0, 0.05) is 12.7 Å². The lowest BCUT2D eigenvalue weighted by Crippen LogP contribution is -2.01. The Morgan fingerprint density at radius 1 is 1.47 bits per heavy atom. The lowest BCUT2D eigenvalue weighted by molar-refractivity contribution is 1.14. The molecule has 74 valence electrons. The van der Waals surface area contributed by atoms with Crippen LogP contribution in [-0.2, 0) is 6.54 Å². The van der Waals surface area contributed by atoms with E-state index < -0.39 is 0 Å². The number of aromatic nitrogens is 1. The molecular weight excluding hydrogens is 206 g/mol. The molecule has 3 nitrogen and oxygen atoms in total. The van der Waals surface area contributed by atoms with E-state index in [9.17, 15) is 0 Å². The van der Waals surface area contributed by atoms with Crippen LogP contribution in [0.1, 0.15) is 11.3 Å². The molecule has 0 amide bonds. The van der Waals surface area contributed by atoms with Crippen LogP contribution in [0.25, 0.3) is 0 Å². The van der Waals surface area contributed by atoms with Crippen molar-refractivity contribution >= 4 is 17.0 Å². The summed E-state index contributed by atoms with van der Waals surface area (Å²) in [4.78, 5) is 3.98. The fourth-order valence-electron chi connectivity index (χ4n) is 1.23. The molecule has 0 saturated heterocycles. The molecule has 0 unspecified atom stereocenters. The Kier molecular flexibility index (Phi) is 2.96. The van der Waals surface area contributed by atoms with E-state index in [0.29, 0.717) is 5.69 Å². The summed E-state index contributed by atoms with van der Waals surface area (Å²) in [6.45, 7) is 0.726. The van der Waals surface area contributed by atoms with Crippen molar-refractivity contribution in [3.05, 3.63) is 46.4 Å². The number of hydrogen-bond donors (Lipinski definition) is 1. The number of nitrogens with zero attached hydrogens (tertiary/aromatic N) is 2. The Labute approximate surface area is 92.0 Å². The molecule has 0 spiro atoms. The van der Waals surface area contributed by atoms with Gasteiger partial charge in [0.25, 0.3) is 0 Å². The van der Waals surface area contributed by atoms with Gasteiger partial charge in [-0.25, -0.2) is 4.98 Å². The van der Waals surface area contributed by atoms with Crippen LogP contribution in [0.15, 0.2) is 35.2 Å². The fourth-order valence-corrected chi connectivity index (χ4v) is 1.90. The Balaban J connectivity index is 2.08. The molecule has 0 atom stereocenters. The second-order valence-corrected chi connectivity index (χ2v) is 3.78. The van der Waals surface area contributed by atoms with Crippen molar-refractivity contribution in [2.45, 2.75) is 6.54 Å². The topological polar surface area (TPSA) is 48.7 Å². The smallest absolute Gasteiger partial charge is 0.163 e. The normalized spacial score (nSPS) is 9.53. The van der Waals surface area contributed by atoms with Gasteiger partial charge in [-0.05, 0) is 34.5 Å². The van der Waals surface area contributed by atoms with Crippen LogP contribution in [0.5, 0.6) is 0 Å². The molecule has 2 aromatic rings. The van der Waals surface area contributed by atoms with Crippen molar-refractivity contribution in [2.24, 2.45) is 0 Å². The lowest BCUT2D eigenvalue weighted by Gasteiger charge is -2.05. The highest BCUT2D eigenvalue weighted by molar-refractivity contribution is 7.07. The first-order chi connectivity index (χ1) is 7.40. The van der Waals surface area contributed by atoms with Crippen molar-refractivity contribution in [2.75, 3.05) is 5.32 Å². The van der Waals surface area contributed by atoms with Crippen molar-refractivity contribution in [3.63, 3.8) is 0 Å². The molecule has 0 aromatic carbocycles. The Morgan fingerprint density at radius 2 is 2.40 bits per heavy atom. The zero-order valence-electron chi connectivity index (χ0n) is 7.97. The molecule has 0 saturated carbocycles. The maximum atomic E-state index is 8.83. The van der Waals surface area contributed by atoms with Gasteiger partial charge in [-0.2, -0.15) is 16.6 Å². The number of pyridine rings is 1. The number of nitrogens with one attached hydrogen (secondary N) is 1. The van der Waals surface area contributed by atoms with E-state index >= 15 is 0 Å². The number of nitriles is 1. The maximum Gasteiger partial charge on any atom is 0.163 e. The molecule has 0 aliphatic heterocycles. The fraction of sp³-hybridized carbons (Fsp3) is 0.0909. The van der Waals surface area contributed by atoms with Crippen LogP contribution < -0.4 is 5.32 Å². The van der Waals surface area contributed by atoms with Crippen molar-refractivity contribution in [1.82, 2.24) is 4.98 Å². The lowest BCUT2D eigenvalue weighted by atomic mass is 10.3. The van der Waals surface area contributed by atoms with Crippen LogP contribution in [-0.4, -0.2) is 4.98 Å². The van der Waals surface area contributed by atoms with Gasteiger partial charge in [0.05, 0.1) is 5.69 Å². The number of rotatable bonds is 3. The third-order valence-electron chi connectivity index (χ3n) is 1.98. The molecule has 15 heavy (non-hydrogen) atoms. The Bertz CT molecular complexity index is 471. The molecule has 0 radical (unpaired) electrons. The van der Waals surface area contributed by atoms with Gasteiger partial charge >= 0.3 is 0 Å². The monoisotopic (exact) mass is 215 g/mol. The summed E-state index contributed by atoms with van der Waals surface area (Å²) in [5.74, 6) is 0. The molecule has 2 rings (SSSR count). The van der Waals surface area contributed by atoms with Crippen molar-refractivity contribution in [3.8, 4) is 6.07 Å². The van der Waals surface area contributed by atoms with E-state index in [1.54, 1.807) is 17.5 Å². The van der Waals surface area contributed by atoms with E-state index in [1.807, 2.05) is 17.5 Å². The molecule has 0 aliphatic carbocycles. The average molecular weight is 215 g/mol. The summed E-state index contributed by atoms with van der Waals surface area (Å²) in [6.07, 6.45) is 1.62. The van der Waals surface area contributed by atoms with Gasteiger partial charge in [-0.3, -0.25) is 0 Å². The van der Waals surface area contributed by atoms with Gasteiger partial charge in [-0.1, -0.05) is 0 Å². The van der Waals surface area contributed by atoms with E-state index in [1.165, 1.54) is 5.56 Å².